The summed E-state index contributed by atoms with van der Waals surface area (Å²) >= 11 is 2.22. The van der Waals surface area contributed by atoms with E-state index in [-0.39, 0.29) is 0 Å². The molecule has 0 bridgehead atoms. The minimum atomic E-state index is 1.02. The summed E-state index contributed by atoms with van der Waals surface area (Å²) in [6.07, 6.45) is 3.72. The molecule has 12 heavy (non-hydrogen) atoms. The predicted octanol–water partition coefficient (Wildman–Crippen LogP) is 1.88. The first-order valence-corrected chi connectivity index (χ1v) is 4.71. The molecule has 0 aromatic carbocycles. The SMILES string of the molecule is Cc1cncc2c(I)nn(C)c12. The molecule has 0 spiro atoms. The van der Waals surface area contributed by atoms with Crippen LogP contribution < -0.4 is 0 Å². The number of hydrogen-bond acceptors (Lipinski definition) is 2. The molecule has 0 atom stereocenters. The number of rotatable bonds is 0. The molecular weight excluding hydrogens is 265 g/mol. The standard InChI is InChI=1S/C8H8IN3/c1-5-3-10-4-6-7(5)12(2)11-8(6)9/h3-4H,1-2H3. The van der Waals surface area contributed by atoms with E-state index in [2.05, 4.69) is 32.7 Å². The van der Waals surface area contributed by atoms with Gasteiger partial charge in [-0.2, -0.15) is 5.10 Å². The summed E-state index contributed by atoms with van der Waals surface area (Å²) < 4.78 is 2.91. The highest BCUT2D eigenvalue weighted by molar-refractivity contribution is 14.1. The molecule has 0 aliphatic carbocycles. The number of fused-ring (bicyclic) bond motifs is 1. The lowest BCUT2D eigenvalue weighted by atomic mass is 10.2. The largest absolute Gasteiger partial charge is 0.266 e. The Morgan fingerprint density at radius 1 is 1.42 bits per heavy atom. The van der Waals surface area contributed by atoms with Crippen LogP contribution in [0.4, 0.5) is 0 Å². The van der Waals surface area contributed by atoms with Crippen LogP contribution in [0.3, 0.4) is 0 Å². The van der Waals surface area contributed by atoms with E-state index < -0.39 is 0 Å². The van der Waals surface area contributed by atoms with Gasteiger partial charge in [-0.3, -0.25) is 9.67 Å². The van der Waals surface area contributed by atoms with Crippen molar-refractivity contribution in [3.63, 3.8) is 0 Å². The number of aryl methyl sites for hydroxylation is 2. The van der Waals surface area contributed by atoms with Gasteiger partial charge in [0.05, 0.1) is 10.9 Å². The van der Waals surface area contributed by atoms with Crippen molar-refractivity contribution < 1.29 is 0 Å². The summed E-state index contributed by atoms with van der Waals surface area (Å²) in [6.45, 7) is 2.05. The van der Waals surface area contributed by atoms with E-state index in [0.717, 1.165) is 9.09 Å². The van der Waals surface area contributed by atoms with Crippen molar-refractivity contribution in [2.24, 2.45) is 7.05 Å². The molecule has 3 nitrogen and oxygen atoms in total. The van der Waals surface area contributed by atoms with Gasteiger partial charge in [-0.15, -0.1) is 0 Å². The Morgan fingerprint density at radius 2 is 2.17 bits per heavy atom. The minimum Gasteiger partial charge on any atom is -0.266 e. The zero-order chi connectivity index (χ0) is 8.72. The number of pyridine rings is 1. The normalized spacial score (nSPS) is 10.9. The second-order valence-electron chi connectivity index (χ2n) is 2.77. The Kier molecular flexibility index (Phi) is 1.79. The lowest BCUT2D eigenvalue weighted by Gasteiger charge is -1.96. The highest BCUT2D eigenvalue weighted by Crippen LogP contribution is 2.20. The third-order valence-electron chi connectivity index (χ3n) is 1.88. The fourth-order valence-corrected chi connectivity index (χ4v) is 2.09. The maximum atomic E-state index is 4.31. The quantitative estimate of drug-likeness (QED) is 0.686. The Bertz CT molecular complexity index is 433. The van der Waals surface area contributed by atoms with Crippen LogP contribution in [0, 0.1) is 10.6 Å². The molecule has 0 fully saturated rings. The van der Waals surface area contributed by atoms with Crippen molar-refractivity contribution in [3.8, 4) is 0 Å². The molecule has 0 saturated heterocycles. The first-order valence-electron chi connectivity index (χ1n) is 3.63. The van der Waals surface area contributed by atoms with Gasteiger partial charge in [0.2, 0.25) is 0 Å². The van der Waals surface area contributed by atoms with Crippen LogP contribution in [-0.4, -0.2) is 14.8 Å². The van der Waals surface area contributed by atoms with E-state index in [1.807, 2.05) is 31.0 Å². The van der Waals surface area contributed by atoms with Crippen molar-refractivity contribution >= 4 is 33.5 Å². The van der Waals surface area contributed by atoms with E-state index in [4.69, 9.17) is 0 Å². The van der Waals surface area contributed by atoms with Gasteiger partial charge in [0.25, 0.3) is 0 Å². The molecule has 0 radical (unpaired) electrons. The van der Waals surface area contributed by atoms with Gasteiger partial charge in [-0.05, 0) is 35.1 Å². The summed E-state index contributed by atoms with van der Waals surface area (Å²) in [6, 6.07) is 0. The van der Waals surface area contributed by atoms with Crippen molar-refractivity contribution in [2.45, 2.75) is 6.92 Å². The Balaban J connectivity index is 2.99. The molecule has 4 heteroatoms. The summed E-state index contributed by atoms with van der Waals surface area (Å²) in [5.41, 5.74) is 2.35. The maximum Gasteiger partial charge on any atom is 0.132 e. The summed E-state index contributed by atoms with van der Waals surface area (Å²) in [5, 5.41) is 5.45. The van der Waals surface area contributed by atoms with Crippen molar-refractivity contribution in [1.82, 2.24) is 14.8 Å². The van der Waals surface area contributed by atoms with E-state index in [1.165, 1.54) is 11.1 Å². The summed E-state index contributed by atoms with van der Waals surface area (Å²) in [4.78, 5) is 4.13. The average molecular weight is 273 g/mol. The summed E-state index contributed by atoms with van der Waals surface area (Å²) in [5.74, 6) is 0. The molecule has 62 valence electrons. The number of hydrogen-bond donors (Lipinski definition) is 0. The van der Waals surface area contributed by atoms with Gasteiger partial charge in [0, 0.05) is 19.4 Å². The molecule has 2 rings (SSSR count). The second-order valence-corrected chi connectivity index (χ2v) is 3.79. The Labute approximate surface area is 83.9 Å². The first-order chi connectivity index (χ1) is 5.70. The second kappa shape index (κ2) is 2.69. The first kappa shape index (κ1) is 7.97. The third-order valence-corrected chi connectivity index (χ3v) is 2.68. The van der Waals surface area contributed by atoms with Crippen LogP contribution in [0.1, 0.15) is 5.56 Å². The molecule has 0 aliphatic heterocycles. The van der Waals surface area contributed by atoms with E-state index in [9.17, 15) is 0 Å². The Hall–Kier alpha value is -0.650. The highest BCUT2D eigenvalue weighted by Gasteiger charge is 2.07. The van der Waals surface area contributed by atoms with Crippen LogP contribution in [0.15, 0.2) is 12.4 Å². The van der Waals surface area contributed by atoms with Gasteiger partial charge in [-0.25, -0.2) is 0 Å². The van der Waals surface area contributed by atoms with Crippen LogP contribution in [-0.2, 0) is 7.05 Å². The molecule has 0 N–H and O–H groups in total. The van der Waals surface area contributed by atoms with Crippen molar-refractivity contribution in [2.75, 3.05) is 0 Å². The monoisotopic (exact) mass is 273 g/mol. The zero-order valence-corrected chi connectivity index (χ0v) is 9.03. The van der Waals surface area contributed by atoms with Crippen LogP contribution >= 0.6 is 22.6 Å². The molecule has 2 heterocycles. The third kappa shape index (κ3) is 1.01. The molecular formula is C8H8IN3. The van der Waals surface area contributed by atoms with Crippen LogP contribution in [0.25, 0.3) is 10.9 Å². The average Bonchev–Trinajstić information content (AvgIpc) is 2.29. The van der Waals surface area contributed by atoms with Gasteiger partial charge < -0.3 is 0 Å². The zero-order valence-electron chi connectivity index (χ0n) is 6.87. The highest BCUT2D eigenvalue weighted by atomic mass is 127. The maximum absolute atomic E-state index is 4.31. The van der Waals surface area contributed by atoms with E-state index in [0.29, 0.717) is 0 Å². The van der Waals surface area contributed by atoms with Gasteiger partial charge in [0.15, 0.2) is 0 Å². The molecule has 0 aliphatic rings. The topological polar surface area (TPSA) is 30.7 Å². The molecule has 2 aromatic rings. The van der Waals surface area contributed by atoms with Crippen LogP contribution in [0.5, 0.6) is 0 Å². The van der Waals surface area contributed by atoms with Crippen molar-refractivity contribution in [3.05, 3.63) is 21.7 Å². The smallest absolute Gasteiger partial charge is 0.132 e. The van der Waals surface area contributed by atoms with Crippen LogP contribution in [0.2, 0.25) is 0 Å². The van der Waals surface area contributed by atoms with E-state index in [1.54, 1.807) is 0 Å². The fraction of sp³-hybridized carbons (Fsp3) is 0.250. The number of halogens is 1. The van der Waals surface area contributed by atoms with Gasteiger partial charge >= 0.3 is 0 Å². The number of aromatic nitrogens is 3. The Morgan fingerprint density at radius 3 is 2.83 bits per heavy atom. The van der Waals surface area contributed by atoms with Gasteiger partial charge in [0.1, 0.15) is 3.70 Å². The summed E-state index contributed by atoms with van der Waals surface area (Å²) in [7, 11) is 1.96. The minimum absolute atomic E-state index is 1.02. The number of nitrogens with zero attached hydrogens (tertiary/aromatic N) is 3. The lowest BCUT2D eigenvalue weighted by Crippen LogP contribution is -1.91. The molecule has 0 unspecified atom stereocenters. The van der Waals surface area contributed by atoms with Gasteiger partial charge in [-0.1, -0.05) is 0 Å². The molecule has 0 saturated carbocycles. The molecule has 0 amide bonds. The lowest BCUT2D eigenvalue weighted by molar-refractivity contribution is 0.785. The van der Waals surface area contributed by atoms with E-state index >= 15 is 0 Å². The van der Waals surface area contributed by atoms with Crippen molar-refractivity contribution in [1.29, 1.82) is 0 Å². The molecule has 2 aromatic heterocycles. The fourth-order valence-electron chi connectivity index (χ4n) is 1.37. The predicted molar refractivity (Wildman–Crippen MR) is 56.0 cm³/mol.